The number of carbonyl (C=O) groups excluding carboxylic acids is 3. The van der Waals surface area contributed by atoms with Crippen molar-refractivity contribution >= 4 is 17.7 Å². The Morgan fingerprint density at radius 2 is 1.87 bits per heavy atom. The molecule has 7 heteroatoms. The first kappa shape index (κ1) is 19.8. The average Bonchev–Trinajstić information content (AvgIpc) is 2.99. The molecule has 0 spiro atoms. The molecular weight excluding hydrogens is 307 g/mol. The Labute approximate surface area is 157 Å². The number of rotatable bonds is 5. The van der Waals surface area contributed by atoms with Gasteiger partial charge in [0.05, 0.1) is 18.2 Å². The number of Topliss-reactive ketones (excluding diaryl/α,β-unsaturated/α-hetero) is 1. The normalized spacial score (nSPS) is 21.0. The van der Waals surface area contributed by atoms with E-state index in [1.807, 2.05) is 0 Å². The first-order chi connectivity index (χ1) is 10.2. The van der Waals surface area contributed by atoms with Gasteiger partial charge < -0.3 is 15.2 Å². The maximum absolute atomic E-state index is 12.1. The number of aryl methyl sites for hydroxylation is 1. The van der Waals surface area contributed by atoms with Crippen LogP contribution in [0.1, 0.15) is 42.5 Å². The number of aliphatic carboxylic acids is 1. The van der Waals surface area contributed by atoms with Crippen LogP contribution in [0.25, 0.3) is 0 Å². The second kappa shape index (κ2) is 7.11. The van der Waals surface area contributed by atoms with Gasteiger partial charge in [0.25, 0.3) is 0 Å². The minimum absolute atomic E-state index is 0. The fourth-order valence-corrected chi connectivity index (χ4v) is 2.94. The number of carboxylic acid groups (broad SMARTS) is 1. The molecule has 0 radical (unpaired) electrons. The average molecular weight is 326 g/mol. The summed E-state index contributed by atoms with van der Waals surface area (Å²) in [6.45, 7) is 6.88. The maximum atomic E-state index is 12.1. The smallest absolute Gasteiger partial charge is 0.550 e. The number of ketones is 1. The Morgan fingerprint density at radius 3 is 2.30 bits per heavy atom. The fraction of sp³-hybridized carbons (Fsp3) is 0.500. The van der Waals surface area contributed by atoms with E-state index in [1.165, 1.54) is 6.92 Å². The van der Waals surface area contributed by atoms with Gasteiger partial charge in [-0.15, -0.1) is 0 Å². The Bertz CT molecular complexity index is 657. The van der Waals surface area contributed by atoms with E-state index < -0.39 is 23.2 Å². The molecule has 1 amide bonds. The van der Waals surface area contributed by atoms with Crippen molar-refractivity contribution in [3.63, 3.8) is 0 Å². The predicted molar refractivity (Wildman–Crippen MR) is 76.6 cm³/mol. The zero-order chi connectivity index (χ0) is 16.7. The summed E-state index contributed by atoms with van der Waals surface area (Å²) in [5.41, 5.74) is 1.21. The molecule has 1 fully saturated rings. The van der Waals surface area contributed by atoms with E-state index in [0.717, 1.165) is 0 Å². The van der Waals surface area contributed by atoms with Crippen LogP contribution < -0.4 is 40.0 Å². The van der Waals surface area contributed by atoms with Gasteiger partial charge in [0.2, 0.25) is 5.91 Å². The molecule has 23 heavy (non-hydrogen) atoms. The van der Waals surface area contributed by atoms with Gasteiger partial charge in [-0.1, -0.05) is 13.8 Å². The number of carbonyl (C=O) groups is 3. The van der Waals surface area contributed by atoms with E-state index in [1.54, 1.807) is 32.9 Å². The number of hydrogen-bond acceptors (Lipinski definition) is 5. The SMILES string of the molecule is CC(=O)c1ccc(CNC(=O)[C@@H]2[C@H](C(=O)[O-])C2(C)C)nc1C.[Na+]. The minimum Gasteiger partial charge on any atom is -0.550 e. The van der Waals surface area contributed by atoms with Crippen LogP contribution in [-0.2, 0) is 16.1 Å². The molecule has 6 nitrogen and oxygen atoms in total. The molecule has 2 atom stereocenters. The Balaban J connectivity index is 0.00000264. The molecule has 1 aliphatic rings. The molecule has 0 bridgehead atoms. The number of hydrogen-bond donors (Lipinski definition) is 1. The zero-order valence-electron chi connectivity index (χ0n) is 14.1. The van der Waals surface area contributed by atoms with Crippen LogP contribution in [-0.4, -0.2) is 22.6 Å². The zero-order valence-corrected chi connectivity index (χ0v) is 16.1. The van der Waals surface area contributed by atoms with E-state index in [9.17, 15) is 19.5 Å². The van der Waals surface area contributed by atoms with Gasteiger partial charge >= 0.3 is 29.6 Å². The van der Waals surface area contributed by atoms with Crippen LogP contribution in [0.3, 0.4) is 0 Å². The molecule has 0 aromatic carbocycles. The summed E-state index contributed by atoms with van der Waals surface area (Å²) in [5, 5.41) is 13.7. The Kier molecular flexibility index (Phi) is 6.12. The minimum atomic E-state index is -1.19. The molecule has 0 saturated heterocycles. The van der Waals surface area contributed by atoms with E-state index in [4.69, 9.17) is 0 Å². The van der Waals surface area contributed by atoms with Gasteiger partial charge in [-0.2, -0.15) is 0 Å². The summed E-state index contributed by atoms with van der Waals surface area (Å²) in [6, 6.07) is 3.36. The number of pyridine rings is 1. The third-order valence-electron chi connectivity index (χ3n) is 4.33. The van der Waals surface area contributed by atoms with Crippen molar-refractivity contribution in [1.29, 1.82) is 0 Å². The summed E-state index contributed by atoms with van der Waals surface area (Å²) < 4.78 is 0. The quantitative estimate of drug-likeness (QED) is 0.467. The van der Waals surface area contributed by atoms with Gasteiger partial charge in [0.15, 0.2) is 5.78 Å². The fourth-order valence-electron chi connectivity index (χ4n) is 2.94. The van der Waals surface area contributed by atoms with Crippen molar-refractivity contribution < 1.29 is 49.0 Å². The first-order valence-electron chi connectivity index (χ1n) is 7.12. The van der Waals surface area contributed by atoms with Crippen molar-refractivity contribution in [3.8, 4) is 0 Å². The van der Waals surface area contributed by atoms with Crippen molar-refractivity contribution in [3.05, 3.63) is 29.1 Å². The van der Waals surface area contributed by atoms with E-state index in [0.29, 0.717) is 17.0 Å². The van der Waals surface area contributed by atoms with E-state index in [2.05, 4.69) is 10.3 Å². The van der Waals surface area contributed by atoms with Gasteiger partial charge in [-0.05, 0) is 31.4 Å². The van der Waals surface area contributed by atoms with Crippen LogP contribution in [0.2, 0.25) is 0 Å². The Hall–Kier alpha value is -1.24. The second-order valence-corrected chi connectivity index (χ2v) is 6.31. The molecule has 1 saturated carbocycles. The van der Waals surface area contributed by atoms with Crippen molar-refractivity contribution in [2.24, 2.45) is 17.3 Å². The molecular formula is C16H19N2NaO4. The predicted octanol–water partition coefficient (Wildman–Crippen LogP) is -2.77. The topological polar surface area (TPSA) is 99.2 Å². The van der Waals surface area contributed by atoms with Gasteiger partial charge in [-0.25, -0.2) is 0 Å². The van der Waals surface area contributed by atoms with E-state index in [-0.39, 0.29) is 47.8 Å². The number of nitrogens with zero attached hydrogens (tertiary/aromatic N) is 1. The third-order valence-corrected chi connectivity index (χ3v) is 4.33. The third kappa shape index (κ3) is 4.00. The van der Waals surface area contributed by atoms with Gasteiger partial charge in [0.1, 0.15) is 0 Å². The molecule has 0 aliphatic heterocycles. The standard InChI is InChI=1S/C16H20N2O4.Na/c1-8-11(9(2)19)6-5-10(18-8)7-17-14(20)12-13(15(21)22)16(12,3)4;/h5-6,12-13H,7H2,1-4H3,(H,17,20)(H,21,22);/q;+1/p-1/t12-,13+;/m0./s1. The Morgan fingerprint density at radius 1 is 1.26 bits per heavy atom. The number of amides is 1. The molecule has 1 aliphatic carbocycles. The number of carboxylic acids is 1. The molecule has 2 rings (SSSR count). The summed E-state index contributed by atoms with van der Waals surface area (Å²) in [5.74, 6) is -2.88. The van der Waals surface area contributed by atoms with Crippen LogP contribution in [0.4, 0.5) is 0 Å². The summed E-state index contributed by atoms with van der Waals surface area (Å²) in [6.07, 6.45) is 0. The summed E-state index contributed by atoms with van der Waals surface area (Å²) in [4.78, 5) is 38.7. The van der Waals surface area contributed by atoms with Crippen molar-refractivity contribution in [2.75, 3.05) is 0 Å². The van der Waals surface area contributed by atoms with Gasteiger partial charge in [-0.3, -0.25) is 14.6 Å². The maximum Gasteiger partial charge on any atom is 1.00 e. The number of aromatic nitrogens is 1. The first-order valence-corrected chi connectivity index (χ1v) is 7.12. The van der Waals surface area contributed by atoms with Crippen molar-refractivity contribution in [2.45, 2.75) is 34.2 Å². The molecule has 0 unspecified atom stereocenters. The van der Waals surface area contributed by atoms with Crippen LogP contribution in [0.15, 0.2) is 12.1 Å². The summed E-state index contributed by atoms with van der Waals surface area (Å²) >= 11 is 0. The molecule has 1 N–H and O–H groups in total. The molecule has 1 aromatic heterocycles. The van der Waals surface area contributed by atoms with Crippen molar-refractivity contribution in [1.82, 2.24) is 10.3 Å². The monoisotopic (exact) mass is 326 g/mol. The molecule has 1 heterocycles. The van der Waals surface area contributed by atoms with Crippen LogP contribution in [0.5, 0.6) is 0 Å². The molecule has 118 valence electrons. The summed E-state index contributed by atoms with van der Waals surface area (Å²) in [7, 11) is 0. The molecule has 1 aromatic rings. The van der Waals surface area contributed by atoms with Crippen LogP contribution >= 0.6 is 0 Å². The second-order valence-electron chi connectivity index (χ2n) is 6.31. The van der Waals surface area contributed by atoms with E-state index >= 15 is 0 Å². The largest absolute Gasteiger partial charge is 1.00 e. The van der Waals surface area contributed by atoms with Crippen LogP contribution in [0, 0.1) is 24.2 Å². The number of nitrogens with one attached hydrogen (secondary N) is 1. The van der Waals surface area contributed by atoms with Gasteiger partial charge in [0, 0.05) is 23.1 Å².